The standard InChI is InChI=1S/C64H116O6/c1-4-7-10-13-16-19-22-25-27-29-30-31-32-33-34-35-37-39-42-45-48-51-54-57-63(66)69-60-61(59-68-62(65)56-53-50-47-44-41-38-24-21-18-15-12-9-6-3)70-64(67)58-55-52-49-46-43-40-36-28-26-23-20-17-14-11-8-5-2/h9,12,18,21,28,36,38,41,61H,4-8,10-11,13-17,19-20,22-27,29-35,37,39-40,42-60H2,1-3H3/b12-9-,21-18-,36-28-,41-38-. The summed E-state index contributed by atoms with van der Waals surface area (Å²) in [6, 6.07) is 0. The van der Waals surface area contributed by atoms with Crippen LogP contribution >= 0.6 is 0 Å². The lowest BCUT2D eigenvalue weighted by Crippen LogP contribution is -2.30. The molecule has 1 unspecified atom stereocenters. The largest absolute Gasteiger partial charge is 0.462 e. The van der Waals surface area contributed by atoms with Gasteiger partial charge in [0.05, 0.1) is 0 Å². The number of hydrogen-bond acceptors (Lipinski definition) is 6. The van der Waals surface area contributed by atoms with E-state index in [0.717, 1.165) is 96.3 Å². The van der Waals surface area contributed by atoms with Gasteiger partial charge in [-0.15, -0.1) is 0 Å². The van der Waals surface area contributed by atoms with Gasteiger partial charge >= 0.3 is 17.9 Å². The van der Waals surface area contributed by atoms with E-state index in [1.54, 1.807) is 0 Å². The second kappa shape index (κ2) is 58.9. The molecule has 0 aromatic carbocycles. The van der Waals surface area contributed by atoms with Gasteiger partial charge < -0.3 is 14.2 Å². The number of ether oxygens (including phenoxy) is 3. The molecule has 0 saturated heterocycles. The van der Waals surface area contributed by atoms with Crippen molar-refractivity contribution in [2.75, 3.05) is 13.2 Å². The monoisotopic (exact) mass is 981 g/mol. The molecule has 408 valence electrons. The Morgan fingerprint density at radius 3 is 0.900 bits per heavy atom. The summed E-state index contributed by atoms with van der Waals surface area (Å²) in [5.74, 6) is -0.905. The molecule has 0 N–H and O–H groups in total. The summed E-state index contributed by atoms with van der Waals surface area (Å²) >= 11 is 0. The van der Waals surface area contributed by atoms with Gasteiger partial charge in [-0.2, -0.15) is 0 Å². The Hall–Kier alpha value is -2.63. The van der Waals surface area contributed by atoms with Gasteiger partial charge in [-0.3, -0.25) is 14.4 Å². The van der Waals surface area contributed by atoms with Crippen molar-refractivity contribution in [1.29, 1.82) is 0 Å². The Bertz CT molecular complexity index is 1220. The minimum absolute atomic E-state index is 0.0827. The maximum atomic E-state index is 12.9. The highest BCUT2D eigenvalue weighted by Crippen LogP contribution is 2.17. The third-order valence-corrected chi connectivity index (χ3v) is 13.6. The molecule has 0 aliphatic rings. The summed E-state index contributed by atoms with van der Waals surface area (Å²) in [4.78, 5) is 38.2. The van der Waals surface area contributed by atoms with Crippen molar-refractivity contribution in [1.82, 2.24) is 0 Å². The zero-order valence-corrected chi connectivity index (χ0v) is 46.8. The Morgan fingerprint density at radius 2 is 0.557 bits per heavy atom. The molecule has 0 fully saturated rings. The molecule has 0 heterocycles. The summed E-state index contributed by atoms with van der Waals surface area (Å²) in [5, 5.41) is 0. The van der Waals surface area contributed by atoms with Gasteiger partial charge in [0.25, 0.3) is 0 Å². The molecular formula is C64H116O6. The molecule has 0 spiro atoms. The fourth-order valence-electron chi connectivity index (χ4n) is 8.98. The Kier molecular flexibility index (Phi) is 56.7. The van der Waals surface area contributed by atoms with Crippen LogP contribution < -0.4 is 0 Å². The number of carbonyl (C=O) groups is 3. The fraction of sp³-hybridized carbons (Fsp3) is 0.828. The molecule has 0 aliphatic carbocycles. The van der Waals surface area contributed by atoms with E-state index in [4.69, 9.17) is 14.2 Å². The van der Waals surface area contributed by atoms with Crippen LogP contribution in [0.4, 0.5) is 0 Å². The number of esters is 3. The van der Waals surface area contributed by atoms with Gasteiger partial charge in [0.2, 0.25) is 0 Å². The summed E-state index contributed by atoms with van der Waals surface area (Å²) in [6.45, 7) is 6.54. The maximum absolute atomic E-state index is 12.9. The number of rotatable bonds is 56. The van der Waals surface area contributed by atoms with Crippen LogP contribution in [0.25, 0.3) is 0 Å². The van der Waals surface area contributed by atoms with Crippen LogP contribution in [0.2, 0.25) is 0 Å². The number of unbranched alkanes of at least 4 members (excludes halogenated alkanes) is 37. The molecule has 0 bridgehead atoms. The smallest absolute Gasteiger partial charge is 0.306 e. The predicted molar refractivity (Wildman–Crippen MR) is 302 cm³/mol. The van der Waals surface area contributed by atoms with E-state index in [9.17, 15) is 14.4 Å². The number of hydrogen-bond donors (Lipinski definition) is 0. The second-order valence-electron chi connectivity index (χ2n) is 20.6. The van der Waals surface area contributed by atoms with Crippen LogP contribution in [-0.4, -0.2) is 37.2 Å². The van der Waals surface area contributed by atoms with E-state index in [0.29, 0.717) is 19.3 Å². The van der Waals surface area contributed by atoms with Crippen molar-refractivity contribution in [3.8, 4) is 0 Å². The predicted octanol–water partition coefficient (Wildman–Crippen LogP) is 20.6. The first-order chi connectivity index (χ1) is 34.5. The SMILES string of the molecule is CC/C=C\C/C=C\C/C=C\CCCCCC(=O)OCC(COC(=O)CCCCCCCCCCCCCCCCCCCCCCCCC)OC(=O)CCCCCCC/C=C\CCCCCCCCC. The van der Waals surface area contributed by atoms with Gasteiger partial charge in [-0.05, 0) is 77.0 Å². The highest BCUT2D eigenvalue weighted by atomic mass is 16.6. The molecule has 6 heteroatoms. The quantitative estimate of drug-likeness (QED) is 0.0261. The van der Waals surface area contributed by atoms with Crippen LogP contribution in [0, 0.1) is 0 Å². The third-order valence-electron chi connectivity index (χ3n) is 13.6. The lowest BCUT2D eigenvalue weighted by Gasteiger charge is -2.18. The lowest BCUT2D eigenvalue weighted by molar-refractivity contribution is -0.167. The van der Waals surface area contributed by atoms with Crippen molar-refractivity contribution in [2.24, 2.45) is 0 Å². The summed E-state index contributed by atoms with van der Waals surface area (Å²) in [5.41, 5.74) is 0. The van der Waals surface area contributed by atoms with E-state index in [-0.39, 0.29) is 31.1 Å². The summed E-state index contributed by atoms with van der Waals surface area (Å²) in [7, 11) is 0. The van der Waals surface area contributed by atoms with E-state index in [1.807, 2.05) is 0 Å². The minimum atomic E-state index is -0.788. The van der Waals surface area contributed by atoms with Gasteiger partial charge in [0.15, 0.2) is 6.10 Å². The van der Waals surface area contributed by atoms with Crippen molar-refractivity contribution in [3.05, 3.63) is 48.6 Å². The van der Waals surface area contributed by atoms with E-state index in [1.165, 1.54) is 186 Å². The maximum Gasteiger partial charge on any atom is 0.306 e. The highest BCUT2D eigenvalue weighted by molar-refractivity contribution is 5.71. The second-order valence-corrected chi connectivity index (χ2v) is 20.6. The van der Waals surface area contributed by atoms with Gasteiger partial charge in [-0.1, -0.05) is 275 Å². The fourth-order valence-corrected chi connectivity index (χ4v) is 8.98. The van der Waals surface area contributed by atoms with Crippen LogP contribution in [-0.2, 0) is 28.6 Å². The van der Waals surface area contributed by atoms with E-state index >= 15 is 0 Å². The minimum Gasteiger partial charge on any atom is -0.462 e. The van der Waals surface area contributed by atoms with Gasteiger partial charge in [-0.25, -0.2) is 0 Å². The molecule has 0 amide bonds. The summed E-state index contributed by atoms with van der Waals surface area (Å²) in [6.07, 6.45) is 72.7. The van der Waals surface area contributed by atoms with Gasteiger partial charge in [0, 0.05) is 19.3 Å². The molecular weight excluding hydrogens is 865 g/mol. The first-order valence-electron chi connectivity index (χ1n) is 30.6. The average molecular weight is 982 g/mol. The molecule has 6 nitrogen and oxygen atoms in total. The Morgan fingerprint density at radius 1 is 0.300 bits per heavy atom. The molecule has 0 radical (unpaired) electrons. The van der Waals surface area contributed by atoms with E-state index in [2.05, 4.69) is 69.4 Å². The topological polar surface area (TPSA) is 78.9 Å². The first-order valence-corrected chi connectivity index (χ1v) is 30.6. The van der Waals surface area contributed by atoms with Crippen LogP contribution in [0.1, 0.15) is 323 Å². The average Bonchev–Trinajstić information content (AvgIpc) is 3.36. The Labute approximate surface area is 435 Å². The number of allylic oxidation sites excluding steroid dienone is 8. The molecule has 0 aromatic heterocycles. The molecule has 1 atom stereocenters. The van der Waals surface area contributed by atoms with Crippen molar-refractivity contribution < 1.29 is 28.6 Å². The normalized spacial score (nSPS) is 12.3. The first kappa shape index (κ1) is 67.4. The van der Waals surface area contributed by atoms with Crippen LogP contribution in [0.5, 0.6) is 0 Å². The molecule has 70 heavy (non-hydrogen) atoms. The van der Waals surface area contributed by atoms with Crippen LogP contribution in [0.3, 0.4) is 0 Å². The molecule has 0 saturated carbocycles. The lowest BCUT2D eigenvalue weighted by atomic mass is 10.0. The Balaban J connectivity index is 4.29. The number of carbonyl (C=O) groups excluding carboxylic acids is 3. The summed E-state index contributed by atoms with van der Waals surface area (Å²) < 4.78 is 16.9. The van der Waals surface area contributed by atoms with Crippen molar-refractivity contribution in [2.45, 2.75) is 329 Å². The highest BCUT2D eigenvalue weighted by Gasteiger charge is 2.19. The van der Waals surface area contributed by atoms with E-state index < -0.39 is 6.10 Å². The molecule has 0 aromatic rings. The zero-order chi connectivity index (χ0) is 50.7. The van der Waals surface area contributed by atoms with Gasteiger partial charge in [0.1, 0.15) is 13.2 Å². The molecule has 0 rings (SSSR count). The van der Waals surface area contributed by atoms with Crippen molar-refractivity contribution >= 4 is 17.9 Å². The van der Waals surface area contributed by atoms with Crippen LogP contribution in [0.15, 0.2) is 48.6 Å². The zero-order valence-electron chi connectivity index (χ0n) is 46.8. The molecule has 0 aliphatic heterocycles. The van der Waals surface area contributed by atoms with Crippen molar-refractivity contribution in [3.63, 3.8) is 0 Å². The third kappa shape index (κ3) is 56.3.